The molecule has 0 amide bonds. The average molecular weight is 367 g/mol. The Kier molecular flexibility index (Phi) is 4.85. The summed E-state index contributed by atoms with van der Waals surface area (Å²) in [5.41, 5.74) is 2.64. The van der Waals surface area contributed by atoms with Crippen molar-refractivity contribution < 1.29 is 0 Å². The van der Waals surface area contributed by atoms with Crippen LogP contribution in [0.5, 0.6) is 0 Å². The number of piperazine rings is 1. The number of nitrogens with one attached hydrogen (secondary N) is 1. The molecule has 0 aliphatic carbocycles. The second-order valence-corrected chi connectivity index (χ2v) is 6.85. The molecule has 0 bridgehead atoms. The number of benzene rings is 1. The van der Waals surface area contributed by atoms with E-state index in [1.165, 1.54) is 0 Å². The summed E-state index contributed by atoms with van der Waals surface area (Å²) in [6, 6.07) is 10.2. The minimum absolute atomic E-state index is 0.738. The van der Waals surface area contributed by atoms with Crippen molar-refractivity contribution in [2.45, 2.75) is 5.03 Å². The van der Waals surface area contributed by atoms with Gasteiger partial charge in [0.25, 0.3) is 0 Å². The zero-order valence-electron chi connectivity index (χ0n) is 14.9. The van der Waals surface area contributed by atoms with E-state index in [9.17, 15) is 0 Å². The maximum absolute atomic E-state index is 4.89. The number of fused-ring (bicyclic) bond motifs is 1. The SMILES string of the molecule is CSc1ncnc2c(N(C)c3ccccc3)nc(N3CCNCC3)nc12. The fraction of sp³-hybridized carbons (Fsp3) is 0.333. The number of hydrogen-bond donors (Lipinski definition) is 1. The van der Waals surface area contributed by atoms with Gasteiger partial charge in [-0.2, -0.15) is 4.98 Å². The largest absolute Gasteiger partial charge is 0.338 e. The lowest BCUT2D eigenvalue weighted by molar-refractivity contribution is 0.580. The van der Waals surface area contributed by atoms with Crippen LogP contribution in [0.1, 0.15) is 0 Å². The van der Waals surface area contributed by atoms with Gasteiger partial charge in [0, 0.05) is 38.9 Å². The highest BCUT2D eigenvalue weighted by Gasteiger charge is 2.21. The average Bonchev–Trinajstić information content (AvgIpc) is 2.73. The van der Waals surface area contributed by atoms with Crippen molar-refractivity contribution in [3.05, 3.63) is 36.7 Å². The van der Waals surface area contributed by atoms with Gasteiger partial charge in [-0.1, -0.05) is 18.2 Å². The van der Waals surface area contributed by atoms with Crippen molar-refractivity contribution in [3.63, 3.8) is 0 Å². The third-order valence-corrected chi connectivity index (χ3v) is 5.16. The fourth-order valence-electron chi connectivity index (χ4n) is 3.06. The third-order valence-electron chi connectivity index (χ3n) is 4.47. The molecule has 0 unspecified atom stereocenters. The number of para-hydroxylation sites is 1. The van der Waals surface area contributed by atoms with Crippen LogP contribution in [0.3, 0.4) is 0 Å². The van der Waals surface area contributed by atoms with E-state index in [0.29, 0.717) is 0 Å². The Bertz CT molecular complexity index is 897. The van der Waals surface area contributed by atoms with Crippen LogP contribution in [0, 0.1) is 0 Å². The molecule has 1 aliphatic rings. The lowest BCUT2D eigenvalue weighted by Crippen LogP contribution is -2.44. The molecule has 8 heteroatoms. The number of rotatable bonds is 4. The maximum atomic E-state index is 4.89. The van der Waals surface area contributed by atoms with E-state index >= 15 is 0 Å². The normalized spacial score (nSPS) is 14.6. The van der Waals surface area contributed by atoms with E-state index in [1.54, 1.807) is 18.1 Å². The molecule has 1 aromatic carbocycles. The van der Waals surface area contributed by atoms with Gasteiger partial charge in [0.05, 0.1) is 0 Å². The van der Waals surface area contributed by atoms with Crippen LogP contribution in [0.15, 0.2) is 41.7 Å². The Morgan fingerprint density at radius 1 is 1.04 bits per heavy atom. The first-order valence-electron chi connectivity index (χ1n) is 8.59. The molecule has 0 radical (unpaired) electrons. The summed E-state index contributed by atoms with van der Waals surface area (Å²) >= 11 is 1.58. The number of nitrogens with zero attached hydrogens (tertiary/aromatic N) is 6. The summed E-state index contributed by atoms with van der Waals surface area (Å²) in [7, 11) is 2.01. The Morgan fingerprint density at radius 2 is 1.81 bits per heavy atom. The van der Waals surface area contributed by atoms with Crippen LogP contribution in [-0.2, 0) is 0 Å². The van der Waals surface area contributed by atoms with E-state index in [-0.39, 0.29) is 0 Å². The van der Waals surface area contributed by atoms with E-state index in [1.807, 2.05) is 31.5 Å². The molecule has 0 atom stereocenters. The van der Waals surface area contributed by atoms with Crippen LogP contribution in [0.25, 0.3) is 11.0 Å². The third kappa shape index (κ3) is 3.17. The van der Waals surface area contributed by atoms with Crippen molar-refractivity contribution in [1.29, 1.82) is 0 Å². The fourth-order valence-corrected chi connectivity index (χ4v) is 3.55. The molecule has 3 heterocycles. The standard InChI is InChI=1S/C18H21N7S/c1-24(13-6-4-3-5-7-13)16-14-15(17(26-2)21-12-20-14)22-18(23-16)25-10-8-19-9-11-25/h3-7,12,19H,8-11H2,1-2H3. The second kappa shape index (κ2) is 7.43. The maximum Gasteiger partial charge on any atom is 0.228 e. The number of hydrogen-bond acceptors (Lipinski definition) is 8. The summed E-state index contributed by atoms with van der Waals surface area (Å²) in [6.45, 7) is 3.66. The van der Waals surface area contributed by atoms with Gasteiger partial charge in [-0.15, -0.1) is 11.8 Å². The molecule has 0 spiro atoms. The van der Waals surface area contributed by atoms with Gasteiger partial charge in [-0.3, -0.25) is 0 Å². The summed E-state index contributed by atoms with van der Waals surface area (Å²) < 4.78 is 0. The van der Waals surface area contributed by atoms with E-state index in [2.05, 4.69) is 37.2 Å². The summed E-state index contributed by atoms with van der Waals surface area (Å²) in [5, 5.41) is 4.24. The molecular formula is C18H21N7S. The molecular weight excluding hydrogens is 346 g/mol. The number of aromatic nitrogens is 4. The topological polar surface area (TPSA) is 70.1 Å². The highest BCUT2D eigenvalue weighted by atomic mass is 32.2. The van der Waals surface area contributed by atoms with Gasteiger partial charge in [-0.05, 0) is 18.4 Å². The molecule has 1 fully saturated rings. The first-order chi connectivity index (χ1) is 12.8. The Balaban J connectivity index is 1.89. The predicted octanol–water partition coefficient (Wildman–Crippen LogP) is 2.32. The Hall–Kier alpha value is -2.45. The Labute approximate surface area is 156 Å². The highest BCUT2D eigenvalue weighted by Crippen LogP contribution is 2.32. The van der Waals surface area contributed by atoms with Gasteiger partial charge < -0.3 is 15.1 Å². The first-order valence-corrected chi connectivity index (χ1v) is 9.81. The molecule has 1 saturated heterocycles. The lowest BCUT2D eigenvalue weighted by atomic mass is 10.3. The van der Waals surface area contributed by atoms with Crippen molar-refractivity contribution >= 4 is 40.2 Å². The van der Waals surface area contributed by atoms with Gasteiger partial charge in [-0.25, -0.2) is 15.0 Å². The van der Waals surface area contributed by atoms with E-state index in [0.717, 1.165) is 59.7 Å². The van der Waals surface area contributed by atoms with Crippen LogP contribution in [-0.4, -0.2) is 59.4 Å². The zero-order valence-corrected chi connectivity index (χ0v) is 15.7. The van der Waals surface area contributed by atoms with Crippen molar-refractivity contribution in [2.24, 2.45) is 0 Å². The van der Waals surface area contributed by atoms with Crippen LogP contribution < -0.4 is 15.1 Å². The second-order valence-electron chi connectivity index (χ2n) is 6.06. The smallest absolute Gasteiger partial charge is 0.228 e. The van der Waals surface area contributed by atoms with E-state index in [4.69, 9.17) is 9.97 Å². The minimum Gasteiger partial charge on any atom is -0.338 e. The predicted molar refractivity (Wildman–Crippen MR) is 106 cm³/mol. The quantitative estimate of drug-likeness (QED) is 0.556. The molecule has 7 nitrogen and oxygen atoms in total. The van der Waals surface area contributed by atoms with Crippen molar-refractivity contribution in [2.75, 3.05) is 49.3 Å². The zero-order chi connectivity index (χ0) is 17.9. The van der Waals surface area contributed by atoms with Crippen LogP contribution in [0.4, 0.5) is 17.5 Å². The lowest BCUT2D eigenvalue weighted by Gasteiger charge is -2.29. The summed E-state index contributed by atoms with van der Waals surface area (Å²) in [6.07, 6.45) is 3.60. The highest BCUT2D eigenvalue weighted by molar-refractivity contribution is 7.98. The summed E-state index contributed by atoms with van der Waals surface area (Å²) in [4.78, 5) is 22.9. The number of anilines is 3. The van der Waals surface area contributed by atoms with E-state index < -0.39 is 0 Å². The Morgan fingerprint density at radius 3 is 2.54 bits per heavy atom. The molecule has 4 rings (SSSR count). The molecule has 1 N–H and O–H groups in total. The monoisotopic (exact) mass is 367 g/mol. The molecule has 3 aromatic rings. The molecule has 1 aliphatic heterocycles. The molecule has 0 saturated carbocycles. The van der Waals surface area contributed by atoms with Gasteiger partial charge in [0.1, 0.15) is 22.4 Å². The van der Waals surface area contributed by atoms with Crippen LogP contribution >= 0.6 is 11.8 Å². The number of thioether (sulfide) groups is 1. The minimum atomic E-state index is 0.738. The van der Waals surface area contributed by atoms with Gasteiger partial charge >= 0.3 is 0 Å². The van der Waals surface area contributed by atoms with Crippen molar-refractivity contribution in [1.82, 2.24) is 25.3 Å². The molecule has 134 valence electrons. The molecule has 26 heavy (non-hydrogen) atoms. The first kappa shape index (κ1) is 17.0. The molecule has 2 aromatic heterocycles. The van der Waals surface area contributed by atoms with Gasteiger partial charge in [0.2, 0.25) is 5.95 Å². The summed E-state index contributed by atoms with van der Waals surface area (Å²) in [5.74, 6) is 1.54. The van der Waals surface area contributed by atoms with Crippen molar-refractivity contribution in [3.8, 4) is 0 Å². The van der Waals surface area contributed by atoms with Crippen LogP contribution in [0.2, 0.25) is 0 Å². The van der Waals surface area contributed by atoms with Gasteiger partial charge in [0.15, 0.2) is 5.82 Å².